The predicted octanol–water partition coefficient (Wildman–Crippen LogP) is 3.64. The zero-order valence-electron chi connectivity index (χ0n) is 13.0. The second-order valence-corrected chi connectivity index (χ2v) is 5.36. The molecule has 114 valence electrons. The van der Waals surface area contributed by atoms with Gasteiger partial charge in [-0.15, -0.1) is 0 Å². The van der Waals surface area contributed by atoms with Crippen molar-refractivity contribution in [2.24, 2.45) is 0 Å². The molecule has 4 heteroatoms. The minimum atomic E-state index is -0.386. The van der Waals surface area contributed by atoms with Gasteiger partial charge in [0.2, 0.25) is 5.91 Å². The first-order valence-corrected chi connectivity index (χ1v) is 7.21. The van der Waals surface area contributed by atoms with Crippen LogP contribution >= 0.6 is 0 Å². The molecule has 1 atom stereocenters. The Balaban J connectivity index is 2.02. The van der Waals surface area contributed by atoms with Gasteiger partial charge in [0.1, 0.15) is 6.04 Å². The summed E-state index contributed by atoms with van der Waals surface area (Å²) in [5.41, 5.74) is 3.24. The number of carbonyl (C=O) groups excluding carboxylic acids is 2. The molecule has 0 saturated heterocycles. The van der Waals surface area contributed by atoms with E-state index < -0.39 is 0 Å². The van der Waals surface area contributed by atoms with Crippen molar-refractivity contribution >= 4 is 23.1 Å². The third-order valence-corrected chi connectivity index (χ3v) is 3.33. The number of carbonyl (C=O) groups is 2. The molecule has 1 unspecified atom stereocenters. The molecule has 1 amide bonds. The van der Waals surface area contributed by atoms with Gasteiger partial charge in [-0.2, -0.15) is 0 Å². The van der Waals surface area contributed by atoms with Crippen LogP contribution in [0.3, 0.4) is 0 Å². The highest BCUT2D eigenvalue weighted by Crippen LogP contribution is 2.14. The molecule has 0 heterocycles. The number of amides is 1. The van der Waals surface area contributed by atoms with Gasteiger partial charge in [-0.05, 0) is 50.6 Å². The van der Waals surface area contributed by atoms with Gasteiger partial charge in [0.25, 0.3) is 0 Å². The summed E-state index contributed by atoms with van der Waals surface area (Å²) < 4.78 is 0. The normalized spacial score (nSPS) is 11.6. The van der Waals surface area contributed by atoms with Gasteiger partial charge >= 0.3 is 0 Å². The second-order valence-electron chi connectivity index (χ2n) is 5.36. The third kappa shape index (κ3) is 4.19. The van der Waals surface area contributed by atoms with Crippen molar-refractivity contribution in [2.75, 3.05) is 10.6 Å². The molecule has 0 aromatic heterocycles. The first-order valence-electron chi connectivity index (χ1n) is 7.21. The lowest BCUT2D eigenvalue weighted by atomic mass is 10.1. The fourth-order valence-electron chi connectivity index (χ4n) is 2.12. The number of benzene rings is 2. The Morgan fingerprint density at radius 1 is 1.00 bits per heavy atom. The highest BCUT2D eigenvalue weighted by molar-refractivity contribution is 5.99. The molecule has 0 bridgehead atoms. The van der Waals surface area contributed by atoms with Gasteiger partial charge in [-0.25, -0.2) is 0 Å². The summed E-state index contributed by atoms with van der Waals surface area (Å²) in [5, 5.41) is 5.98. The predicted molar refractivity (Wildman–Crippen MR) is 89.3 cm³/mol. The molecule has 0 fully saturated rings. The van der Waals surface area contributed by atoms with Crippen molar-refractivity contribution in [2.45, 2.75) is 26.8 Å². The van der Waals surface area contributed by atoms with Gasteiger partial charge < -0.3 is 10.6 Å². The van der Waals surface area contributed by atoms with E-state index in [1.165, 1.54) is 6.92 Å². The Morgan fingerprint density at radius 3 is 2.36 bits per heavy atom. The number of ketones is 1. The Bertz CT molecular complexity index is 695. The standard InChI is InChI=1S/C18H20N2O2/c1-12-6-4-8-16(10-12)19-13(2)18(22)20-17-9-5-7-15(11-17)14(3)21/h4-11,13,19H,1-3H3,(H,20,22). The minimum Gasteiger partial charge on any atom is -0.374 e. The molecule has 2 N–H and O–H groups in total. The number of hydrogen-bond donors (Lipinski definition) is 2. The van der Waals surface area contributed by atoms with Gasteiger partial charge in [0, 0.05) is 16.9 Å². The number of rotatable bonds is 5. The monoisotopic (exact) mass is 296 g/mol. The maximum atomic E-state index is 12.2. The number of aryl methyl sites for hydroxylation is 1. The molecule has 0 spiro atoms. The minimum absolute atomic E-state index is 0.0259. The topological polar surface area (TPSA) is 58.2 Å². The highest BCUT2D eigenvalue weighted by Gasteiger charge is 2.13. The Hall–Kier alpha value is -2.62. The van der Waals surface area contributed by atoms with E-state index in [1.54, 1.807) is 31.2 Å². The Kier molecular flexibility index (Phi) is 4.94. The van der Waals surface area contributed by atoms with Crippen LogP contribution in [0.15, 0.2) is 48.5 Å². The van der Waals surface area contributed by atoms with Crippen LogP contribution < -0.4 is 10.6 Å². The van der Waals surface area contributed by atoms with Crippen LogP contribution in [0.25, 0.3) is 0 Å². The maximum Gasteiger partial charge on any atom is 0.246 e. The summed E-state index contributed by atoms with van der Waals surface area (Å²) in [6.07, 6.45) is 0. The zero-order chi connectivity index (χ0) is 16.1. The summed E-state index contributed by atoms with van der Waals surface area (Å²) in [6, 6.07) is 14.4. The van der Waals surface area contributed by atoms with E-state index in [0.717, 1.165) is 11.3 Å². The third-order valence-electron chi connectivity index (χ3n) is 3.33. The number of nitrogens with one attached hydrogen (secondary N) is 2. The Labute approximate surface area is 130 Å². The van der Waals surface area contributed by atoms with Crippen LogP contribution in [0.5, 0.6) is 0 Å². The van der Waals surface area contributed by atoms with Gasteiger partial charge in [0.15, 0.2) is 5.78 Å². The van der Waals surface area contributed by atoms with Crippen molar-refractivity contribution in [1.29, 1.82) is 0 Å². The molecule has 0 aliphatic heterocycles. The van der Waals surface area contributed by atoms with E-state index in [1.807, 2.05) is 31.2 Å². The SMILES string of the molecule is CC(=O)c1cccc(NC(=O)C(C)Nc2cccc(C)c2)c1. The lowest BCUT2D eigenvalue weighted by Crippen LogP contribution is -2.31. The van der Waals surface area contributed by atoms with Gasteiger partial charge in [-0.3, -0.25) is 9.59 Å². The van der Waals surface area contributed by atoms with E-state index in [4.69, 9.17) is 0 Å². The lowest BCUT2D eigenvalue weighted by Gasteiger charge is -2.16. The van der Waals surface area contributed by atoms with E-state index in [0.29, 0.717) is 11.3 Å². The highest BCUT2D eigenvalue weighted by atomic mass is 16.2. The first-order chi connectivity index (χ1) is 10.5. The summed E-state index contributed by atoms with van der Waals surface area (Å²) >= 11 is 0. The lowest BCUT2D eigenvalue weighted by molar-refractivity contribution is -0.116. The molecule has 0 aliphatic carbocycles. The van der Waals surface area contributed by atoms with Crippen molar-refractivity contribution in [3.8, 4) is 0 Å². The first kappa shape index (κ1) is 15.8. The summed E-state index contributed by atoms with van der Waals surface area (Å²) in [7, 11) is 0. The average Bonchev–Trinajstić information content (AvgIpc) is 2.47. The van der Waals surface area contributed by atoms with E-state index in [-0.39, 0.29) is 17.7 Å². The largest absolute Gasteiger partial charge is 0.374 e. The van der Waals surface area contributed by atoms with Gasteiger partial charge in [0.05, 0.1) is 0 Å². The average molecular weight is 296 g/mol. The molecule has 0 saturated carbocycles. The van der Waals surface area contributed by atoms with Crippen LogP contribution in [-0.2, 0) is 4.79 Å². The Morgan fingerprint density at radius 2 is 1.68 bits per heavy atom. The molecular weight excluding hydrogens is 276 g/mol. The van der Waals surface area contributed by atoms with E-state index in [2.05, 4.69) is 10.6 Å². The molecule has 0 aliphatic rings. The number of anilines is 2. The van der Waals surface area contributed by atoms with E-state index >= 15 is 0 Å². The van der Waals surface area contributed by atoms with Crippen molar-refractivity contribution in [1.82, 2.24) is 0 Å². The van der Waals surface area contributed by atoms with Crippen molar-refractivity contribution in [3.05, 3.63) is 59.7 Å². The number of hydrogen-bond acceptors (Lipinski definition) is 3. The van der Waals surface area contributed by atoms with Crippen LogP contribution in [0.2, 0.25) is 0 Å². The van der Waals surface area contributed by atoms with Gasteiger partial charge in [-0.1, -0.05) is 24.3 Å². The van der Waals surface area contributed by atoms with Crippen LogP contribution in [0.4, 0.5) is 11.4 Å². The van der Waals surface area contributed by atoms with Crippen LogP contribution in [0, 0.1) is 6.92 Å². The number of Topliss-reactive ketones (excluding diaryl/α,β-unsaturated/α-hetero) is 1. The zero-order valence-corrected chi connectivity index (χ0v) is 13.0. The maximum absolute atomic E-state index is 12.2. The fraction of sp³-hybridized carbons (Fsp3) is 0.222. The van der Waals surface area contributed by atoms with Crippen LogP contribution in [-0.4, -0.2) is 17.7 Å². The molecule has 2 aromatic carbocycles. The van der Waals surface area contributed by atoms with Crippen molar-refractivity contribution < 1.29 is 9.59 Å². The molecular formula is C18H20N2O2. The quantitative estimate of drug-likeness (QED) is 0.828. The fourth-order valence-corrected chi connectivity index (χ4v) is 2.12. The summed E-state index contributed by atoms with van der Waals surface area (Å²) in [6.45, 7) is 5.30. The van der Waals surface area contributed by atoms with E-state index in [9.17, 15) is 9.59 Å². The molecule has 2 aromatic rings. The molecule has 2 rings (SSSR count). The second kappa shape index (κ2) is 6.89. The van der Waals surface area contributed by atoms with Crippen LogP contribution in [0.1, 0.15) is 29.8 Å². The molecule has 22 heavy (non-hydrogen) atoms. The smallest absolute Gasteiger partial charge is 0.246 e. The van der Waals surface area contributed by atoms with Crippen molar-refractivity contribution in [3.63, 3.8) is 0 Å². The summed E-state index contributed by atoms with van der Waals surface area (Å²) in [5.74, 6) is -0.177. The molecule has 4 nitrogen and oxygen atoms in total. The summed E-state index contributed by atoms with van der Waals surface area (Å²) in [4.78, 5) is 23.6. The molecule has 0 radical (unpaired) electrons.